The Hall–Kier alpha value is -0.480. The molecular weight excluding hydrogens is 336 g/mol. The topological polar surface area (TPSA) is 12.0 Å². The second-order valence-electron chi connectivity index (χ2n) is 6.00. The Bertz CT molecular complexity index is 458. The summed E-state index contributed by atoms with van der Waals surface area (Å²) in [4.78, 5) is 0. The fourth-order valence-electron chi connectivity index (χ4n) is 3.24. The molecule has 1 N–H and O–H groups in total. The molecule has 1 aromatic carbocycles. The number of benzene rings is 1. The van der Waals surface area contributed by atoms with Gasteiger partial charge in [0.2, 0.25) is 0 Å². The van der Waals surface area contributed by atoms with Gasteiger partial charge < -0.3 is 5.32 Å². The number of rotatable bonds is 6. The lowest BCUT2D eigenvalue weighted by atomic mass is 9.83. The molecule has 118 valence electrons. The van der Waals surface area contributed by atoms with Gasteiger partial charge in [0, 0.05) is 11.6 Å². The molecule has 0 bridgehead atoms. The molecule has 0 aliphatic heterocycles. The van der Waals surface area contributed by atoms with Gasteiger partial charge in [0.05, 0.1) is 4.47 Å². The van der Waals surface area contributed by atoms with Crippen LogP contribution in [-0.2, 0) is 0 Å². The van der Waals surface area contributed by atoms with E-state index in [1.165, 1.54) is 44.2 Å². The Morgan fingerprint density at radius 2 is 1.95 bits per heavy atom. The highest BCUT2D eigenvalue weighted by atomic mass is 79.9. The lowest BCUT2D eigenvalue weighted by Crippen LogP contribution is -2.27. The largest absolute Gasteiger partial charge is 0.310 e. The van der Waals surface area contributed by atoms with Gasteiger partial charge in [-0.15, -0.1) is 0 Å². The van der Waals surface area contributed by atoms with E-state index in [0.29, 0.717) is 10.4 Å². The zero-order valence-corrected chi connectivity index (χ0v) is 14.2. The summed E-state index contributed by atoms with van der Waals surface area (Å²) in [6.07, 6.45) is 7.93. The van der Waals surface area contributed by atoms with Crippen molar-refractivity contribution in [1.82, 2.24) is 5.32 Å². The molecule has 4 heteroatoms. The molecule has 1 aromatic rings. The Morgan fingerprint density at radius 1 is 1.24 bits per heavy atom. The molecule has 0 amide bonds. The van der Waals surface area contributed by atoms with Crippen molar-refractivity contribution < 1.29 is 8.78 Å². The van der Waals surface area contributed by atoms with Crippen molar-refractivity contribution in [3.05, 3.63) is 33.8 Å². The third kappa shape index (κ3) is 4.49. The molecule has 0 spiro atoms. The van der Waals surface area contributed by atoms with E-state index in [1.807, 2.05) is 0 Å². The number of hydrogen-bond donors (Lipinski definition) is 1. The first-order valence-corrected chi connectivity index (χ1v) is 8.79. The lowest BCUT2D eigenvalue weighted by molar-refractivity contribution is 0.293. The second kappa shape index (κ2) is 8.23. The Kier molecular flexibility index (Phi) is 6.62. The summed E-state index contributed by atoms with van der Waals surface area (Å²) in [5.41, 5.74) is 0.198. The average molecular weight is 360 g/mol. The zero-order chi connectivity index (χ0) is 15.2. The van der Waals surface area contributed by atoms with Crippen molar-refractivity contribution in [3.63, 3.8) is 0 Å². The van der Waals surface area contributed by atoms with Crippen LogP contribution in [0.25, 0.3) is 0 Å². The van der Waals surface area contributed by atoms with Crippen LogP contribution < -0.4 is 5.32 Å². The van der Waals surface area contributed by atoms with E-state index >= 15 is 0 Å². The molecule has 1 nitrogen and oxygen atoms in total. The molecule has 1 aliphatic rings. The van der Waals surface area contributed by atoms with Crippen LogP contribution in [0.3, 0.4) is 0 Å². The molecule has 0 aromatic heterocycles. The van der Waals surface area contributed by atoms with E-state index in [4.69, 9.17) is 0 Å². The molecule has 1 atom stereocenters. The minimum Gasteiger partial charge on any atom is -0.310 e. The number of nitrogens with one attached hydrogen (secondary N) is 1. The fourth-order valence-corrected chi connectivity index (χ4v) is 3.59. The third-order valence-electron chi connectivity index (χ3n) is 4.36. The maximum Gasteiger partial charge on any atom is 0.145 e. The number of halogens is 3. The Morgan fingerprint density at radius 3 is 2.62 bits per heavy atom. The van der Waals surface area contributed by atoms with Crippen LogP contribution in [0.2, 0.25) is 0 Å². The van der Waals surface area contributed by atoms with Gasteiger partial charge in [0.1, 0.15) is 11.6 Å². The van der Waals surface area contributed by atoms with Crippen molar-refractivity contribution in [2.75, 3.05) is 6.54 Å². The lowest BCUT2D eigenvalue weighted by Gasteiger charge is -2.28. The first-order chi connectivity index (χ1) is 10.1. The van der Waals surface area contributed by atoms with E-state index in [2.05, 4.69) is 28.2 Å². The van der Waals surface area contributed by atoms with Gasteiger partial charge in [-0.3, -0.25) is 0 Å². The third-order valence-corrected chi connectivity index (χ3v) is 4.97. The molecular formula is C17H24BrF2N. The standard InChI is InChI=1S/C17H24BrF2N/c1-2-10-21-15(11-12-6-4-3-5-7-12)16-14(19)9-8-13(18)17(16)20/h8-9,12,15,21H,2-7,10-11H2,1H3. The molecule has 0 heterocycles. The summed E-state index contributed by atoms with van der Waals surface area (Å²) in [7, 11) is 0. The van der Waals surface area contributed by atoms with Gasteiger partial charge in [-0.2, -0.15) is 0 Å². The molecule has 1 fully saturated rings. The van der Waals surface area contributed by atoms with Crippen molar-refractivity contribution in [2.24, 2.45) is 5.92 Å². The summed E-state index contributed by atoms with van der Waals surface area (Å²) >= 11 is 3.17. The average Bonchev–Trinajstić information content (AvgIpc) is 2.50. The fraction of sp³-hybridized carbons (Fsp3) is 0.647. The Balaban J connectivity index is 2.20. The smallest absolute Gasteiger partial charge is 0.145 e. The van der Waals surface area contributed by atoms with Crippen LogP contribution in [0.15, 0.2) is 16.6 Å². The first kappa shape index (κ1) is 16.9. The van der Waals surface area contributed by atoms with E-state index in [0.717, 1.165) is 19.4 Å². The SMILES string of the molecule is CCCNC(CC1CCCCC1)c1c(F)ccc(Br)c1F. The molecule has 21 heavy (non-hydrogen) atoms. The Labute approximate surface area is 134 Å². The van der Waals surface area contributed by atoms with Gasteiger partial charge in [-0.25, -0.2) is 8.78 Å². The zero-order valence-electron chi connectivity index (χ0n) is 12.6. The second-order valence-corrected chi connectivity index (χ2v) is 6.86. The van der Waals surface area contributed by atoms with Crippen LogP contribution >= 0.6 is 15.9 Å². The van der Waals surface area contributed by atoms with Crippen molar-refractivity contribution in [3.8, 4) is 0 Å². The van der Waals surface area contributed by atoms with Crippen molar-refractivity contribution in [2.45, 2.75) is 57.9 Å². The molecule has 0 saturated heterocycles. The molecule has 2 rings (SSSR count). The minimum absolute atomic E-state index is 0.198. The van der Waals surface area contributed by atoms with E-state index < -0.39 is 11.6 Å². The van der Waals surface area contributed by atoms with Crippen LogP contribution in [-0.4, -0.2) is 6.54 Å². The van der Waals surface area contributed by atoms with E-state index in [9.17, 15) is 8.78 Å². The summed E-state index contributed by atoms with van der Waals surface area (Å²) in [6, 6.07) is 2.56. The van der Waals surface area contributed by atoms with E-state index in [1.54, 1.807) is 0 Å². The van der Waals surface area contributed by atoms with Gasteiger partial charge in [0.15, 0.2) is 0 Å². The molecule has 1 saturated carbocycles. The normalized spacial score (nSPS) is 17.9. The monoisotopic (exact) mass is 359 g/mol. The predicted molar refractivity (Wildman–Crippen MR) is 86.3 cm³/mol. The van der Waals surface area contributed by atoms with Crippen molar-refractivity contribution in [1.29, 1.82) is 0 Å². The van der Waals surface area contributed by atoms with Crippen LogP contribution in [0.4, 0.5) is 8.78 Å². The van der Waals surface area contributed by atoms with Gasteiger partial charge >= 0.3 is 0 Å². The van der Waals surface area contributed by atoms with Gasteiger partial charge in [0.25, 0.3) is 0 Å². The first-order valence-electron chi connectivity index (χ1n) is 8.00. The summed E-state index contributed by atoms with van der Waals surface area (Å²) in [5, 5.41) is 3.34. The summed E-state index contributed by atoms with van der Waals surface area (Å²) < 4.78 is 28.9. The highest BCUT2D eigenvalue weighted by Crippen LogP contribution is 2.35. The minimum atomic E-state index is -0.459. The molecule has 1 aliphatic carbocycles. The highest BCUT2D eigenvalue weighted by molar-refractivity contribution is 9.10. The quantitative estimate of drug-likeness (QED) is 0.638. The van der Waals surface area contributed by atoms with Crippen LogP contribution in [0.1, 0.15) is 63.5 Å². The maximum atomic E-state index is 14.4. The van der Waals surface area contributed by atoms with E-state index in [-0.39, 0.29) is 11.6 Å². The summed E-state index contributed by atoms with van der Waals surface area (Å²) in [6.45, 7) is 2.85. The van der Waals surface area contributed by atoms with Gasteiger partial charge in [-0.05, 0) is 53.4 Å². The molecule has 1 unspecified atom stereocenters. The maximum absolute atomic E-state index is 14.4. The summed E-state index contributed by atoms with van der Waals surface area (Å²) in [5.74, 6) is -0.328. The van der Waals surface area contributed by atoms with Crippen molar-refractivity contribution >= 4 is 15.9 Å². The predicted octanol–water partition coefficient (Wildman–Crippen LogP) is 5.74. The highest BCUT2D eigenvalue weighted by Gasteiger charge is 2.25. The number of hydrogen-bond acceptors (Lipinski definition) is 1. The van der Waals surface area contributed by atoms with Crippen LogP contribution in [0, 0.1) is 17.6 Å². The van der Waals surface area contributed by atoms with Crippen LogP contribution in [0.5, 0.6) is 0 Å². The molecule has 0 radical (unpaired) electrons. The van der Waals surface area contributed by atoms with Gasteiger partial charge in [-0.1, -0.05) is 39.0 Å².